The van der Waals surface area contributed by atoms with E-state index in [9.17, 15) is 8.42 Å². The molecule has 1 fully saturated rings. The van der Waals surface area contributed by atoms with Crippen LogP contribution in [-0.4, -0.2) is 43.9 Å². The smallest absolute Gasteiger partial charge is 0.243 e. The van der Waals surface area contributed by atoms with Crippen LogP contribution in [0.25, 0.3) is 10.2 Å². The largest absolute Gasteiger partial charge is 0.345 e. The lowest BCUT2D eigenvalue weighted by Gasteiger charge is -2.33. The Bertz CT molecular complexity index is 1090. The van der Waals surface area contributed by atoms with E-state index in [1.165, 1.54) is 22.5 Å². The SMILES string of the molecule is O=S(=O)(c1cc(Cl)cc(Cl)c1)N1CCN(c2nc3ccc(Cl)cc3s2)CC1. The van der Waals surface area contributed by atoms with Gasteiger partial charge in [0.15, 0.2) is 5.13 Å². The first-order valence-electron chi connectivity index (χ1n) is 8.10. The highest BCUT2D eigenvalue weighted by molar-refractivity contribution is 7.89. The number of aromatic nitrogens is 1. The first-order valence-corrected chi connectivity index (χ1v) is 11.5. The van der Waals surface area contributed by atoms with Gasteiger partial charge in [0.25, 0.3) is 0 Å². The van der Waals surface area contributed by atoms with Crippen LogP contribution in [0.2, 0.25) is 15.1 Å². The summed E-state index contributed by atoms with van der Waals surface area (Å²) in [4.78, 5) is 6.84. The fraction of sp³-hybridized carbons (Fsp3) is 0.235. The molecule has 142 valence electrons. The van der Waals surface area contributed by atoms with E-state index in [1.54, 1.807) is 11.3 Å². The highest BCUT2D eigenvalue weighted by Gasteiger charge is 2.30. The van der Waals surface area contributed by atoms with Gasteiger partial charge in [0.05, 0.1) is 15.1 Å². The van der Waals surface area contributed by atoms with Gasteiger partial charge in [-0.2, -0.15) is 4.31 Å². The van der Waals surface area contributed by atoms with Crippen molar-refractivity contribution in [1.29, 1.82) is 0 Å². The molecular formula is C17H14Cl3N3O2S2. The first kappa shape index (κ1) is 19.2. The van der Waals surface area contributed by atoms with E-state index >= 15 is 0 Å². The molecule has 1 aromatic heterocycles. The molecule has 0 amide bonds. The van der Waals surface area contributed by atoms with E-state index in [4.69, 9.17) is 34.8 Å². The first-order chi connectivity index (χ1) is 12.8. The van der Waals surface area contributed by atoms with Gasteiger partial charge in [-0.25, -0.2) is 13.4 Å². The predicted molar refractivity (Wildman–Crippen MR) is 112 cm³/mol. The van der Waals surface area contributed by atoms with Gasteiger partial charge in [-0.3, -0.25) is 0 Å². The minimum atomic E-state index is -3.64. The molecule has 2 aromatic carbocycles. The summed E-state index contributed by atoms with van der Waals surface area (Å²) in [5.41, 5.74) is 0.892. The minimum absolute atomic E-state index is 0.114. The molecular weight excluding hydrogens is 449 g/mol. The highest BCUT2D eigenvalue weighted by atomic mass is 35.5. The molecule has 0 atom stereocenters. The average Bonchev–Trinajstić information content (AvgIpc) is 3.04. The number of hydrogen-bond donors (Lipinski definition) is 0. The van der Waals surface area contributed by atoms with Crippen LogP contribution in [0.15, 0.2) is 41.3 Å². The molecule has 27 heavy (non-hydrogen) atoms. The van der Waals surface area contributed by atoms with Crippen molar-refractivity contribution in [3.05, 3.63) is 51.5 Å². The van der Waals surface area contributed by atoms with Crippen LogP contribution in [0.3, 0.4) is 0 Å². The zero-order chi connectivity index (χ0) is 19.2. The zero-order valence-electron chi connectivity index (χ0n) is 13.9. The second kappa shape index (κ2) is 7.39. The normalized spacial score (nSPS) is 16.2. The van der Waals surface area contributed by atoms with Crippen molar-refractivity contribution in [3.63, 3.8) is 0 Å². The third-order valence-electron chi connectivity index (χ3n) is 4.32. The molecule has 0 unspecified atom stereocenters. The fourth-order valence-electron chi connectivity index (χ4n) is 2.97. The Morgan fingerprint density at radius 1 is 0.889 bits per heavy atom. The molecule has 0 aliphatic carbocycles. The van der Waals surface area contributed by atoms with Crippen LogP contribution in [0.5, 0.6) is 0 Å². The summed E-state index contributed by atoms with van der Waals surface area (Å²) in [6.07, 6.45) is 0. The Morgan fingerprint density at radius 3 is 2.22 bits per heavy atom. The molecule has 1 aliphatic rings. The van der Waals surface area contributed by atoms with Crippen molar-refractivity contribution >= 4 is 71.5 Å². The van der Waals surface area contributed by atoms with Crippen LogP contribution < -0.4 is 4.90 Å². The molecule has 10 heteroatoms. The topological polar surface area (TPSA) is 53.5 Å². The molecule has 5 nitrogen and oxygen atoms in total. The maximum absolute atomic E-state index is 12.9. The van der Waals surface area contributed by atoms with Crippen molar-refractivity contribution in [2.75, 3.05) is 31.1 Å². The molecule has 0 spiro atoms. The summed E-state index contributed by atoms with van der Waals surface area (Å²) in [7, 11) is -3.64. The number of halogens is 3. The Kier molecular flexibility index (Phi) is 5.26. The highest BCUT2D eigenvalue weighted by Crippen LogP contribution is 2.32. The second-order valence-electron chi connectivity index (χ2n) is 6.10. The summed E-state index contributed by atoms with van der Waals surface area (Å²) < 4.78 is 28.2. The minimum Gasteiger partial charge on any atom is -0.345 e. The van der Waals surface area contributed by atoms with Crippen LogP contribution in [0.4, 0.5) is 5.13 Å². The van der Waals surface area contributed by atoms with Gasteiger partial charge in [0.1, 0.15) is 0 Å². The van der Waals surface area contributed by atoms with Crippen molar-refractivity contribution < 1.29 is 8.42 Å². The van der Waals surface area contributed by atoms with Gasteiger partial charge in [-0.05, 0) is 36.4 Å². The number of hydrogen-bond acceptors (Lipinski definition) is 5. The number of thiazole rings is 1. The Balaban J connectivity index is 1.52. The summed E-state index contributed by atoms with van der Waals surface area (Å²) in [5.74, 6) is 0. The molecule has 4 rings (SSSR count). The van der Waals surface area contributed by atoms with E-state index in [0.717, 1.165) is 15.3 Å². The van der Waals surface area contributed by atoms with Crippen LogP contribution in [-0.2, 0) is 10.0 Å². The monoisotopic (exact) mass is 461 g/mol. The lowest BCUT2D eigenvalue weighted by molar-refractivity contribution is 0.385. The number of benzene rings is 2. The van der Waals surface area contributed by atoms with Crippen molar-refractivity contribution in [1.82, 2.24) is 9.29 Å². The molecule has 1 saturated heterocycles. The van der Waals surface area contributed by atoms with Gasteiger partial charge in [0, 0.05) is 41.2 Å². The van der Waals surface area contributed by atoms with Crippen LogP contribution in [0, 0.1) is 0 Å². The number of anilines is 1. The van der Waals surface area contributed by atoms with E-state index in [2.05, 4.69) is 9.88 Å². The number of fused-ring (bicyclic) bond motifs is 1. The predicted octanol–water partition coefficient (Wildman–Crippen LogP) is 4.77. The van der Waals surface area contributed by atoms with Gasteiger partial charge in [-0.15, -0.1) is 0 Å². The summed E-state index contributed by atoms with van der Waals surface area (Å²) >= 11 is 19.5. The van der Waals surface area contributed by atoms with Gasteiger partial charge < -0.3 is 4.90 Å². The van der Waals surface area contributed by atoms with E-state index < -0.39 is 10.0 Å². The van der Waals surface area contributed by atoms with Crippen molar-refractivity contribution in [3.8, 4) is 0 Å². The third kappa shape index (κ3) is 3.90. The molecule has 0 bridgehead atoms. The number of rotatable bonds is 3. The lowest BCUT2D eigenvalue weighted by Crippen LogP contribution is -2.48. The Morgan fingerprint density at radius 2 is 1.56 bits per heavy atom. The number of nitrogens with zero attached hydrogens (tertiary/aromatic N) is 3. The van der Waals surface area contributed by atoms with E-state index in [1.807, 2.05) is 18.2 Å². The van der Waals surface area contributed by atoms with Gasteiger partial charge in [0.2, 0.25) is 10.0 Å². The van der Waals surface area contributed by atoms with Gasteiger partial charge in [-0.1, -0.05) is 46.1 Å². The Labute approximate surface area is 176 Å². The number of piperazine rings is 1. The van der Waals surface area contributed by atoms with E-state index in [-0.39, 0.29) is 4.90 Å². The maximum Gasteiger partial charge on any atom is 0.243 e. The quantitative estimate of drug-likeness (QED) is 0.563. The van der Waals surface area contributed by atoms with E-state index in [0.29, 0.717) is 41.2 Å². The van der Waals surface area contributed by atoms with Gasteiger partial charge >= 0.3 is 0 Å². The van der Waals surface area contributed by atoms with Crippen molar-refractivity contribution in [2.24, 2.45) is 0 Å². The lowest BCUT2D eigenvalue weighted by atomic mass is 10.3. The summed E-state index contributed by atoms with van der Waals surface area (Å²) in [6, 6.07) is 9.95. The average molecular weight is 463 g/mol. The molecule has 2 heterocycles. The second-order valence-corrected chi connectivity index (χ2v) is 10.4. The van der Waals surface area contributed by atoms with Crippen LogP contribution in [0.1, 0.15) is 0 Å². The standard InChI is InChI=1S/C17H14Cl3N3O2S2/c18-11-1-2-15-16(10-11)26-17(21-15)22-3-5-23(6-4-22)27(24,25)14-8-12(19)7-13(20)9-14/h1-2,7-10H,3-6H2. The summed E-state index contributed by atoms with van der Waals surface area (Å²) in [6.45, 7) is 1.84. The third-order valence-corrected chi connectivity index (χ3v) is 7.95. The molecule has 1 aliphatic heterocycles. The number of sulfonamides is 1. The molecule has 0 saturated carbocycles. The van der Waals surface area contributed by atoms with Crippen molar-refractivity contribution in [2.45, 2.75) is 4.90 Å². The zero-order valence-corrected chi connectivity index (χ0v) is 17.8. The van der Waals surface area contributed by atoms with Crippen LogP contribution >= 0.6 is 46.1 Å². The summed E-state index contributed by atoms with van der Waals surface area (Å²) in [5, 5.41) is 2.14. The Hall–Kier alpha value is -1.09. The fourth-order valence-corrected chi connectivity index (χ4v) is 6.41. The molecule has 0 N–H and O–H groups in total. The molecule has 3 aromatic rings. The maximum atomic E-state index is 12.9. The molecule has 0 radical (unpaired) electrons.